The quantitative estimate of drug-likeness (QED) is 0.894. The lowest BCUT2D eigenvalue weighted by molar-refractivity contribution is 0.102. The van der Waals surface area contributed by atoms with E-state index in [9.17, 15) is 4.79 Å². The molecule has 2 N–H and O–H groups in total. The van der Waals surface area contributed by atoms with Gasteiger partial charge in [-0.3, -0.25) is 14.6 Å². The summed E-state index contributed by atoms with van der Waals surface area (Å²) >= 11 is 6.07. The Morgan fingerprint density at radius 3 is 2.80 bits per heavy atom. The van der Waals surface area contributed by atoms with Crippen LogP contribution in [0, 0.1) is 6.92 Å². The molecule has 20 heavy (non-hydrogen) atoms. The Morgan fingerprint density at radius 2 is 2.25 bits per heavy atom. The number of hydrogen-bond donors (Lipinski definition) is 2. The summed E-state index contributed by atoms with van der Waals surface area (Å²) in [4.78, 5) is 14.1. The Bertz CT molecular complexity index is 630. The number of nitrogens with one attached hydrogen (secondary N) is 2. The molecule has 0 unspecified atom stereocenters. The van der Waals surface area contributed by atoms with Crippen molar-refractivity contribution in [1.29, 1.82) is 0 Å². The number of H-pyrrole nitrogens is 1. The SMILES string of the molecule is Cc1c(Cl)c(C(=O)Nc2cc(CN(C)C)[nH]n2)nn1C. The van der Waals surface area contributed by atoms with Gasteiger partial charge in [0.05, 0.1) is 16.4 Å². The van der Waals surface area contributed by atoms with Crippen LogP contribution in [0.15, 0.2) is 6.07 Å². The highest BCUT2D eigenvalue weighted by Gasteiger charge is 2.19. The van der Waals surface area contributed by atoms with Crippen molar-refractivity contribution in [3.8, 4) is 0 Å². The van der Waals surface area contributed by atoms with E-state index in [2.05, 4.69) is 20.6 Å². The standard InChI is InChI=1S/C12H17ClN6O/c1-7-10(13)11(17-19(7)4)12(20)14-9-5-8(15-16-9)6-18(2)3/h5H,6H2,1-4H3,(H2,14,15,16,20). The predicted octanol–water partition coefficient (Wildman–Crippen LogP) is 1.42. The molecule has 0 atom stereocenters. The Labute approximate surface area is 121 Å². The minimum Gasteiger partial charge on any atom is -0.304 e. The number of rotatable bonds is 4. The fourth-order valence-corrected chi connectivity index (χ4v) is 2.00. The number of nitrogens with zero attached hydrogens (tertiary/aromatic N) is 4. The lowest BCUT2D eigenvalue weighted by Gasteiger charge is -2.05. The molecule has 0 aliphatic rings. The van der Waals surface area contributed by atoms with Crippen LogP contribution in [0.1, 0.15) is 21.9 Å². The number of amides is 1. The van der Waals surface area contributed by atoms with Crippen molar-refractivity contribution in [3.05, 3.63) is 28.2 Å². The molecule has 0 aliphatic heterocycles. The van der Waals surface area contributed by atoms with Crippen LogP contribution in [0.3, 0.4) is 0 Å². The lowest BCUT2D eigenvalue weighted by atomic mass is 10.3. The number of aryl methyl sites for hydroxylation is 1. The van der Waals surface area contributed by atoms with Gasteiger partial charge < -0.3 is 10.2 Å². The first-order valence-electron chi connectivity index (χ1n) is 6.08. The summed E-state index contributed by atoms with van der Waals surface area (Å²) in [5, 5.41) is 14.0. The zero-order chi connectivity index (χ0) is 14.9. The summed E-state index contributed by atoms with van der Waals surface area (Å²) < 4.78 is 1.57. The second kappa shape index (κ2) is 5.64. The van der Waals surface area contributed by atoms with E-state index in [-0.39, 0.29) is 11.6 Å². The molecular weight excluding hydrogens is 280 g/mol. The second-order valence-corrected chi connectivity index (χ2v) is 5.22. The highest BCUT2D eigenvalue weighted by molar-refractivity contribution is 6.34. The maximum Gasteiger partial charge on any atom is 0.278 e. The van der Waals surface area contributed by atoms with Crippen LogP contribution in [0.5, 0.6) is 0 Å². The molecule has 0 aromatic carbocycles. The molecule has 8 heteroatoms. The molecule has 0 spiro atoms. The number of carbonyl (C=O) groups is 1. The molecule has 0 saturated heterocycles. The molecule has 7 nitrogen and oxygen atoms in total. The minimum absolute atomic E-state index is 0.198. The van der Waals surface area contributed by atoms with E-state index in [4.69, 9.17) is 11.6 Å². The zero-order valence-corrected chi connectivity index (χ0v) is 12.6. The maximum absolute atomic E-state index is 12.1. The van der Waals surface area contributed by atoms with Crippen molar-refractivity contribution >= 4 is 23.3 Å². The molecular formula is C12H17ClN6O. The lowest BCUT2D eigenvalue weighted by Crippen LogP contribution is -2.13. The maximum atomic E-state index is 12.1. The smallest absolute Gasteiger partial charge is 0.278 e. The van der Waals surface area contributed by atoms with E-state index in [1.165, 1.54) is 0 Å². The molecule has 2 heterocycles. The molecule has 0 bridgehead atoms. The van der Waals surface area contributed by atoms with Gasteiger partial charge >= 0.3 is 0 Å². The average molecular weight is 297 g/mol. The second-order valence-electron chi connectivity index (χ2n) is 4.84. The highest BCUT2D eigenvalue weighted by Crippen LogP contribution is 2.20. The number of aromatic amines is 1. The summed E-state index contributed by atoms with van der Waals surface area (Å²) in [5.74, 6) is 0.0767. The van der Waals surface area contributed by atoms with Gasteiger partial charge in [0.15, 0.2) is 11.5 Å². The van der Waals surface area contributed by atoms with Gasteiger partial charge in [-0.05, 0) is 21.0 Å². The topological polar surface area (TPSA) is 78.8 Å². The van der Waals surface area contributed by atoms with Crippen molar-refractivity contribution in [2.75, 3.05) is 19.4 Å². The van der Waals surface area contributed by atoms with Gasteiger partial charge in [0.2, 0.25) is 0 Å². The molecule has 2 aromatic rings. The molecule has 0 saturated carbocycles. The van der Waals surface area contributed by atoms with Gasteiger partial charge in [0.25, 0.3) is 5.91 Å². The summed E-state index contributed by atoms with van der Waals surface area (Å²) in [6, 6.07) is 1.78. The predicted molar refractivity (Wildman–Crippen MR) is 76.9 cm³/mol. The minimum atomic E-state index is -0.374. The van der Waals surface area contributed by atoms with Crippen molar-refractivity contribution in [1.82, 2.24) is 24.9 Å². The van der Waals surface area contributed by atoms with Gasteiger partial charge in [-0.25, -0.2) is 0 Å². The summed E-state index contributed by atoms with van der Waals surface area (Å²) in [6.07, 6.45) is 0. The monoisotopic (exact) mass is 296 g/mol. The largest absolute Gasteiger partial charge is 0.304 e. The van der Waals surface area contributed by atoms with Crippen LogP contribution < -0.4 is 5.32 Å². The van der Waals surface area contributed by atoms with Crippen LogP contribution in [0.4, 0.5) is 5.82 Å². The van der Waals surface area contributed by atoms with Gasteiger partial charge in [-0.2, -0.15) is 10.2 Å². The third-order valence-corrected chi connectivity index (χ3v) is 3.29. The van der Waals surface area contributed by atoms with Crippen molar-refractivity contribution in [2.24, 2.45) is 7.05 Å². The molecule has 1 amide bonds. The van der Waals surface area contributed by atoms with Crippen molar-refractivity contribution in [3.63, 3.8) is 0 Å². The van der Waals surface area contributed by atoms with Gasteiger partial charge in [0, 0.05) is 19.7 Å². The van der Waals surface area contributed by atoms with E-state index >= 15 is 0 Å². The van der Waals surface area contributed by atoms with Gasteiger partial charge in [-0.1, -0.05) is 11.6 Å². The van der Waals surface area contributed by atoms with E-state index in [1.807, 2.05) is 19.0 Å². The van der Waals surface area contributed by atoms with Crippen LogP contribution >= 0.6 is 11.6 Å². The first-order valence-corrected chi connectivity index (χ1v) is 6.45. The van der Waals surface area contributed by atoms with Crippen molar-refractivity contribution < 1.29 is 4.79 Å². The number of aromatic nitrogens is 4. The summed E-state index contributed by atoms with van der Waals surface area (Å²) in [5.41, 5.74) is 1.85. The fraction of sp³-hybridized carbons (Fsp3) is 0.417. The molecule has 108 valence electrons. The number of halogens is 1. The van der Waals surface area contributed by atoms with Crippen LogP contribution in [-0.4, -0.2) is 44.9 Å². The Hall–Kier alpha value is -1.86. The molecule has 2 aromatic heterocycles. The molecule has 0 fully saturated rings. The van der Waals surface area contributed by atoms with E-state index < -0.39 is 0 Å². The molecule has 0 radical (unpaired) electrons. The number of carbonyl (C=O) groups excluding carboxylic acids is 1. The average Bonchev–Trinajstić information content (AvgIpc) is 2.89. The fourth-order valence-electron chi connectivity index (χ4n) is 1.75. The van der Waals surface area contributed by atoms with Crippen LogP contribution in [0.25, 0.3) is 0 Å². The first-order chi connectivity index (χ1) is 9.38. The van der Waals surface area contributed by atoms with Crippen LogP contribution in [0.2, 0.25) is 5.02 Å². The first kappa shape index (κ1) is 14.5. The number of hydrogen-bond acceptors (Lipinski definition) is 4. The Balaban J connectivity index is 2.11. The normalized spacial score (nSPS) is 11.1. The number of anilines is 1. The Morgan fingerprint density at radius 1 is 1.55 bits per heavy atom. The van der Waals surface area contributed by atoms with Gasteiger partial charge in [0.1, 0.15) is 0 Å². The zero-order valence-electron chi connectivity index (χ0n) is 11.9. The van der Waals surface area contributed by atoms with Crippen molar-refractivity contribution in [2.45, 2.75) is 13.5 Å². The summed E-state index contributed by atoms with van der Waals surface area (Å²) in [7, 11) is 5.65. The van der Waals surface area contributed by atoms with E-state index in [0.717, 1.165) is 11.4 Å². The highest BCUT2D eigenvalue weighted by atomic mass is 35.5. The van der Waals surface area contributed by atoms with Gasteiger partial charge in [-0.15, -0.1) is 0 Å². The van der Waals surface area contributed by atoms with E-state index in [0.29, 0.717) is 17.4 Å². The third-order valence-electron chi connectivity index (χ3n) is 2.84. The molecule has 0 aliphatic carbocycles. The molecule has 2 rings (SSSR count). The third kappa shape index (κ3) is 3.00. The van der Waals surface area contributed by atoms with E-state index in [1.54, 1.807) is 24.7 Å². The van der Waals surface area contributed by atoms with Crippen LogP contribution in [-0.2, 0) is 13.6 Å². The Kier molecular flexibility index (Phi) is 4.10. The summed E-state index contributed by atoms with van der Waals surface area (Å²) in [6.45, 7) is 2.52.